The zero-order valence-corrected chi connectivity index (χ0v) is 22.5. The number of carbonyl (C=O) groups excluding carboxylic acids is 1. The van der Waals surface area contributed by atoms with Gasteiger partial charge in [-0.3, -0.25) is 4.79 Å². The molecule has 0 aromatic heterocycles. The zero-order valence-electron chi connectivity index (χ0n) is 21.7. The van der Waals surface area contributed by atoms with Crippen molar-refractivity contribution in [2.75, 3.05) is 0 Å². The molecular formula is C29H34F2N2O5S. The number of benzene rings is 2. The Morgan fingerprint density at radius 2 is 1.59 bits per heavy atom. The molecule has 2 aromatic rings. The quantitative estimate of drug-likeness (QED) is 0.444. The van der Waals surface area contributed by atoms with Crippen LogP contribution in [-0.4, -0.2) is 48.2 Å². The van der Waals surface area contributed by atoms with E-state index in [1.165, 1.54) is 23.8 Å². The largest absolute Gasteiger partial charge is 0.586 e. The summed E-state index contributed by atoms with van der Waals surface area (Å²) in [6.07, 6.45) is 2.50. The van der Waals surface area contributed by atoms with E-state index in [9.17, 15) is 22.0 Å². The van der Waals surface area contributed by atoms with Crippen molar-refractivity contribution in [2.45, 2.75) is 94.0 Å². The molecule has 6 rings (SSSR count). The maximum absolute atomic E-state index is 13.8. The molecule has 10 heteroatoms. The molecular weight excluding hydrogens is 526 g/mol. The average Bonchev–Trinajstić information content (AvgIpc) is 3.39. The van der Waals surface area contributed by atoms with E-state index in [1.807, 2.05) is 18.2 Å². The van der Waals surface area contributed by atoms with Crippen molar-refractivity contribution in [1.29, 1.82) is 0 Å². The third-order valence-electron chi connectivity index (χ3n) is 8.79. The molecule has 2 bridgehead atoms. The molecule has 2 aromatic carbocycles. The highest BCUT2D eigenvalue weighted by molar-refractivity contribution is 7.89. The predicted octanol–water partition coefficient (Wildman–Crippen LogP) is 5.25. The van der Waals surface area contributed by atoms with E-state index in [1.54, 1.807) is 4.31 Å². The van der Waals surface area contributed by atoms with Crippen LogP contribution in [-0.2, 0) is 16.6 Å². The van der Waals surface area contributed by atoms with Crippen molar-refractivity contribution in [3.8, 4) is 11.5 Å². The van der Waals surface area contributed by atoms with Gasteiger partial charge < -0.3 is 14.8 Å². The van der Waals surface area contributed by atoms with Crippen LogP contribution < -0.4 is 14.8 Å². The van der Waals surface area contributed by atoms with Gasteiger partial charge in [0.05, 0.1) is 5.25 Å². The Hall–Kier alpha value is -2.56. The number of ketones is 1. The third kappa shape index (κ3) is 5.56. The van der Waals surface area contributed by atoms with Gasteiger partial charge in [0.25, 0.3) is 0 Å². The standard InChI is InChI=1S/C29H34F2N2O5S/c30-29(31)37-27-13-6-21(17-28(27)38-29)26(34)16-20-14-23-9-10-24(15-20)33(23)39(35,36)25-11-7-22(8-12-25)32-18-19-4-2-1-3-5-19/h1-6,13,17,20,22-25,32H,7-12,14-16,18H2/t20?,22?,23-,24+,25?. The number of nitrogens with one attached hydrogen (secondary N) is 1. The summed E-state index contributed by atoms with van der Waals surface area (Å²) in [6.45, 7) is 0.790. The molecule has 2 saturated heterocycles. The first-order valence-electron chi connectivity index (χ1n) is 13.9. The average molecular weight is 561 g/mol. The Balaban J connectivity index is 1.03. The van der Waals surface area contributed by atoms with Gasteiger partial charge in [-0.25, -0.2) is 8.42 Å². The Kier molecular flexibility index (Phi) is 7.14. The van der Waals surface area contributed by atoms with Crippen LogP contribution >= 0.6 is 0 Å². The van der Waals surface area contributed by atoms with Crippen molar-refractivity contribution in [3.05, 3.63) is 59.7 Å². The number of alkyl halides is 2. The molecule has 1 aliphatic carbocycles. The molecule has 210 valence electrons. The van der Waals surface area contributed by atoms with E-state index in [0.717, 1.165) is 32.2 Å². The van der Waals surface area contributed by atoms with E-state index in [0.29, 0.717) is 37.3 Å². The topological polar surface area (TPSA) is 84.9 Å². The highest BCUT2D eigenvalue weighted by atomic mass is 32.2. The van der Waals surface area contributed by atoms with Gasteiger partial charge in [-0.15, -0.1) is 8.78 Å². The SMILES string of the molecule is O=C(CC1C[C@H]2CC[C@@H](C1)N2S(=O)(=O)C1CCC(NCc2ccccc2)CC1)c1ccc2c(c1)OC(F)(F)O2. The Morgan fingerprint density at radius 3 is 2.28 bits per heavy atom. The highest BCUT2D eigenvalue weighted by Crippen LogP contribution is 2.45. The second-order valence-electron chi connectivity index (χ2n) is 11.4. The van der Waals surface area contributed by atoms with Gasteiger partial charge in [-0.05, 0) is 81.0 Å². The molecule has 3 atom stereocenters. The fourth-order valence-corrected chi connectivity index (χ4v) is 9.35. The Bertz CT molecular complexity index is 1300. The molecule has 3 aliphatic heterocycles. The lowest BCUT2D eigenvalue weighted by molar-refractivity contribution is -0.286. The maximum Gasteiger partial charge on any atom is 0.586 e. The van der Waals surface area contributed by atoms with E-state index >= 15 is 0 Å². The number of piperidine rings is 1. The number of Topliss-reactive ketones (excluding diaryl/α,β-unsaturated/α-hetero) is 1. The number of nitrogens with zero attached hydrogens (tertiary/aromatic N) is 1. The molecule has 0 spiro atoms. The second kappa shape index (κ2) is 10.4. The van der Waals surface area contributed by atoms with Gasteiger partial charge in [0.2, 0.25) is 10.0 Å². The van der Waals surface area contributed by atoms with Gasteiger partial charge in [-0.2, -0.15) is 4.31 Å². The van der Waals surface area contributed by atoms with E-state index in [-0.39, 0.29) is 47.0 Å². The van der Waals surface area contributed by atoms with Crippen molar-refractivity contribution in [1.82, 2.24) is 9.62 Å². The Labute approximate surface area is 227 Å². The lowest BCUT2D eigenvalue weighted by Gasteiger charge is -2.41. The minimum absolute atomic E-state index is 0.0613. The smallest absolute Gasteiger partial charge is 0.395 e. The molecule has 0 radical (unpaired) electrons. The number of hydrogen-bond donors (Lipinski definition) is 1. The van der Waals surface area contributed by atoms with E-state index in [2.05, 4.69) is 26.9 Å². The zero-order chi connectivity index (χ0) is 27.2. The predicted molar refractivity (Wildman–Crippen MR) is 141 cm³/mol. The van der Waals surface area contributed by atoms with Crippen LogP contribution in [0, 0.1) is 5.92 Å². The van der Waals surface area contributed by atoms with Crippen LogP contribution in [0.4, 0.5) is 8.78 Å². The summed E-state index contributed by atoms with van der Waals surface area (Å²) >= 11 is 0. The molecule has 7 nitrogen and oxygen atoms in total. The summed E-state index contributed by atoms with van der Waals surface area (Å²) in [5.41, 5.74) is 1.53. The normalized spacial score (nSPS) is 29.8. The molecule has 0 amide bonds. The van der Waals surface area contributed by atoms with Crippen molar-refractivity contribution in [3.63, 3.8) is 0 Å². The minimum Gasteiger partial charge on any atom is -0.395 e. The number of ether oxygens (including phenoxy) is 2. The van der Waals surface area contributed by atoms with Gasteiger partial charge in [0.15, 0.2) is 17.3 Å². The first-order valence-corrected chi connectivity index (χ1v) is 15.4. The number of rotatable bonds is 8. The summed E-state index contributed by atoms with van der Waals surface area (Å²) in [5, 5.41) is 3.24. The summed E-state index contributed by atoms with van der Waals surface area (Å²) in [4.78, 5) is 13.0. The third-order valence-corrected chi connectivity index (χ3v) is 11.3. The summed E-state index contributed by atoms with van der Waals surface area (Å²) in [5.74, 6) is -0.323. The lowest BCUT2D eigenvalue weighted by Crippen LogP contribution is -2.51. The van der Waals surface area contributed by atoms with Crippen molar-refractivity contribution in [2.24, 2.45) is 5.92 Å². The van der Waals surface area contributed by atoms with Crippen LogP contribution in [0.3, 0.4) is 0 Å². The summed E-state index contributed by atoms with van der Waals surface area (Å²) in [6, 6.07) is 14.5. The highest BCUT2D eigenvalue weighted by Gasteiger charge is 2.49. The van der Waals surface area contributed by atoms with Crippen LogP contribution in [0.1, 0.15) is 73.7 Å². The first-order chi connectivity index (χ1) is 18.7. The fourth-order valence-electron chi connectivity index (χ4n) is 6.93. The van der Waals surface area contributed by atoms with Crippen LogP contribution in [0.15, 0.2) is 48.5 Å². The number of halogens is 2. The first kappa shape index (κ1) is 26.7. The fraction of sp³-hybridized carbons (Fsp3) is 0.552. The number of carbonyl (C=O) groups is 1. The van der Waals surface area contributed by atoms with Gasteiger partial charge in [0, 0.05) is 36.7 Å². The molecule has 1 N–H and O–H groups in total. The monoisotopic (exact) mass is 560 g/mol. The van der Waals surface area contributed by atoms with Gasteiger partial charge in [0.1, 0.15) is 0 Å². The molecule has 39 heavy (non-hydrogen) atoms. The molecule has 3 fully saturated rings. The number of hydrogen-bond acceptors (Lipinski definition) is 6. The molecule has 1 saturated carbocycles. The summed E-state index contributed by atoms with van der Waals surface area (Å²) < 4.78 is 64.9. The van der Waals surface area contributed by atoms with E-state index < -0.39 is 16.3 Å². The molecule has 3 heterocycles. The second-order valence-corrected chi connectivity index (χ2v) is 13.5. The van der Waals surface area contributed by atoms with Crippen molar-refractivity contribution >= 4 is 15.8 Å². The summed E-state index contributed by atoms with van der Waals surface area (Å²) in [7, 11) is -3.41. The van der Waals surface area contributed by atoms with Gasteiger partial charge in [-0.1, -0.05) is 30.3 Å². The molecule has 1 unspecified atom stereocenters. The number of fused-ring (bicyclic) bond motifs is 3. The van der Waals surface area contributed by atoms with Crippen LogP contribution in [0.5, 0.6) is 11.5 Å². The van der Waals surface area contributed by atoms with Gasteiger partial charge >= 0.3 is 6.29 Å². The lowest BCUT2D eigenvalue weighted by atomic mass is 9.87. The molecule has 4 aliphatic rings. The minimum atomic E-state index is -3.72. The van der Waals surface area contributed by atoms with E-state index in [4.69, 9.17) is 0 Å². The Morgan fingerprint density at radius 1 is 0.923 bits per heavy atom. The van der Waals surface area contributed by atoms with Crippen LogP contribution in [0.2, 0.25) is 0 Å². The van der Waals surface area contributed by atoms with Crippen LogP contribution in [0.25, 0.3) is 0 Å². The number of sulfonamides is 1. The maximum atomic E-state index is 13.8. The van der Waals surface area contributed by atoms with Crippen molar-refractivity contribution < 1.29 is 31.5 Å².